The number of nitrogens with one attached hydrogen (secondary N) is 1. The van der Waals surface area contributed by atoms with Gasteiger partial charge in [0.2, 0.25) is 10.0 Å². The first-order chi connectivity index (χ1) is 10.9. The van der Waals surface area contributed by atoms with Gasteiger partial charge in [0.25, 0.3) is 0 Å². The maximum atomic E-state index is 12.3. The summed E-state index contributed by atoms with van der Waals surface area (Å²) in [7, 11) is -2.06. The number of methoxy groups -OCH3 is 1. The van der Waals surface area contributed by atoms with Crippen molar-refractivity contribution in [3.8, 4) is 11.5 Å². The zero-order chi connectivity index (χ0) is 16.9. The van der Waals surface area contributed by atoms with Gasteiger partial charge >= 0.3 is 0 Å². The van der Waals surface area contributed by atoms with E-state index in [9.17, 15) is 8.42 Å². The number of sulfonamides is 1. The minimum atomic E-state index is -3.60. The molecule has 0 saturated heterocycles. The second-order valence-electron chi connectivity index (χ2n) is 4.81. The number of hydrogen-bond donors (Lipinski definition) is 1. The Labute approximate surface area is 141 Å². The number of hydrogen-bond acceptors (Lipinski definition) is 4. The lowest BCUT2D eigenvalue weighted by Gasteiger charge is -2.11. The molecule has 0 spiro atoms. The van der Waals surface area contributed by atoms with Crippen LogP contribution in [-0.2, 0) is 10.0 Å². The summed E-state index contributed by atoms with van der Waals surface area (Å²) >= 11 is 5.96. The van der Waals surface area contributed by atoms with Gasteiger partial charge < -0.3 is 9.47 Å². The third kappa shape index (κ3) is 4.60. The van der Waals surface area contributed by atoms with Crippen molar-refractivity contribution in [2.24, 2.45) is 0 Å². The number of rotatable bonds is 7. The minimum absolute atomic E-state index is 0.138. The zero-order valence-electron chi connectivity index (χ0n) is 12.9. The van der Waals surface area contributed by atoms with Crippen molar-refractivity contribution in [1.82, 2.24) is 4.72 Å². The summed E-state index contributed by atoms with van der Waals surface area (Å²) in [5.74, 6) is 1.14. The summed E-state index contributed by atoms with van der Waals surface area (Å²) in [6.07, 6.45) is 0. The topological polar surface area (TPSA) is 64.6 Å². The van der Waals surface area contributed by atoms with E-state index in [1.807, 2.05) is 0 Å². The zero-order valence-corrected chi connectivity index (χ0v) is 14.4. The summed E-state index contributed by atoms with van der Waals surface area (Å²) in [4.78, 5) is 0.219. The van der Waals surface area contributed by atoms with Crippen LogP contribution >= 0.6 is 11.6 Å². The van der Waals surface area contributed by atoms with E-state index in [4.69, 9.17) is 21.1 Å². The molecule has 0 saturated carbocycles. The van der Waals surface area contributed by atoms with Gasteiger partial charge in [0.05, 0.1) is 17.0 Å². The van der Waals surface area contributed by atoms with Crippen molar-refractivity contribution in [2.75, 3.05) is 20.3 Å². The number of ether oxygens (including phenoxy) is 2. The highest BCUT2D eigenvalue weighted by Gasteiger charge is 2.16. The third-order valence-electron chi connectivity index (χ3n) is 3.16. The van der Waals surface area contributed by atoms with Gasteiger partial charge in [-0.15, -0.1) is 0 Å². The van der Waals surface area contributed by atoms with E-state index in [-0.39, 0.29) is 18.0 Å². The van der Waals surface area contributed by atoms with Crippen LogP contribution in [0.15, 0.2) is 47.4 Å². The van der Waals surface area contributed by atoms with Crippen LogP contribution in [0.25, 0.3) is 0 Å². The molecule has 0 radical (unpaired) electrons. The lowest BCUT2D eigenvalue weighted by Crippen LogP contribution is -2.28. The Balaban J connectivity index is 1.95. The van der Waals surface area contributed by atoms with E-state index < -0.39 is 10.0 Å². The second kappa shape index (κ2) is 7.68. The Morgan fingerprint density at radius 1 is 1.17 bits per heavy atom. The molecule has 0 amide bonds. The highest BCUT2D eigenvalue weighted by atomic mass is 35.5. The molecule has 0 aliphatic rings. The lowest BCUT2D eigenvalue weighted by molar-refractivity contribution is 0.323. The molecule has 0 aliphatic heterocycles. The summed E-state index contributed by atoms with van der Waals surface area (Å²) in [6, 6.07) is 11.8. The highest BCUT2D eigenvalue weighted by Crippen LogP contribution is 2.23. The summed E-state index contributed by atoms with van der Waals surface area (Å²) in [5, 5.41) is 0.487. The van der Waals surface area contributed by atoms with Gasteiger partial charge in [-0.1, -0.05) is 23.7 Å². The Morgan fingerprint density at radius 2 is 1.91 bits per heavy atom. The predicted molar refractivity (Wildman–Crippen MR) is 89.9 cm³/mol. The average molecular weight is 356 g/mol. The minimum Gasteiger partial charge on any atom is -0.497 e. The molecule has 0 unspecified atom stereocenters. The fraction of sp³-hybridized carbons (Fsp3) is 0.250. The van der Waals surface area contributed by atoms with Crippen LogP contribution < -0.4 is 14.2 Å². The monoisotopic (exact) mass is 355 g/mol. The van der Waals surface area contributed by atoms with Crippen molar-refractivity contribution in [2.45, 2.75) is 11.8 Å². The number of halogens is 1. The molecule has 2 aromatic carbocycles. The maximum Gasteiger partial charge on any atom is 0.240 e. The fourth-order valence-corrected chi connectivity index (χ4v) is 3.45. The first-order valence-electron chi connectivity index (χ1n) is 6.95. The van der Waals surface area contributed by atoms with Crippen molar-refractivity contribution < 1.29 is 17.9 Å². The molecule has 0 aliphatic carbocycles. The molecular weight excluding hydrogens is 338 g/mol. The molecule has 23 heavy (non-hydrogen) atoms. The Morgan fingerprint density at radius 3 is 2.57 bits per heavy atom. The molecule has 0 aromatic heterocycles. The van der Waals surface area contributed by atoms with Gasteiger partial charge in [0.15, 0.2) is 0 Å². The van der Waals surface area contributed by atoms with E-state index in [1.165, 1.54) is 13.2 Å². The van der Waals surface area contributed by atoms with Crippen molar-refractivity contribution in [3.05, 3.63) is 53.1 Å². The number of benzene rings is 2. The van der Waals surface area contributed by atoms with Crippen molar-refractivity contribution >= 4 is 21.6 Å². The molecule has 2 aromatic rings. The van der Waals surface area contributed by atoms with Crippen LogP contribution in [0.3, 0.4) is 0 Å². The van der Waals surface area contributed by atoms with E-state index in [2.05, 4.69) is 4.72 Å². The molecule has 0 bridgehead atoms. The van der Waals surface area contributed by atoms with Crippen molar-refractivity contribution in [1.29, 1.82) is 0 Å². The third-order valence-corrected chi connectivity index (χ3v) is 5.09. The molecule has 124 valence electrons. The fourth-order valence-electron chi connectivity index (χ4n) is 2.03. The van der Waals surface area contributed by atoms with Crippen LogP contribution in [-0.4, -0.2) is 28.7 Å². The summed E-state index contributed by atoms with van der Waals surface area (Å²) in [5.41, 5.74) is 0.615. The smallest absolute Gasteiger partial charge is 0.240 e. The Kier molecular flexibility index (Phi) is 5.87. The summed E-state index contributed by atoms with van der Waals surface area (Å²) < 4.78 is 37.6. The molecule has 2 rings (SSSR count). The van der Waals surface area contributed by atoms with E-state index >= 15 is 0 Å². The summed E-state index contributed by atoms with van der Waals surface area (Å²) in [6.45, 7) is 2.04. The Hall–Kier alpha value is -1.76. The van der Waals surface area contributed by atoms with Crippen LogP contribution in [0.1, 0.15) is 5.56 Å². The highest BCUT2D eigenvalue weighted by molar-refractivity contribution is 7.89. The van der Waals surface area contributed by atoms with Gasteiger partial charge in [0, 0.05) is 6.54 Å². The second-order valence-corrected chi connectivity index (χ2v) is 6.95. The number of aryl methyl sites for hydroxylation is 1. The van der Waals surface area contributed by atoms with E-state index in [0.717, 1.165) is 0 Å². The van der Waals surface area contributed by atoms with Crippen LogP contribution in [0, 0.1) is 6.92 Å². The van der Waals surface area contributed by atoms with Gasteiger partial charge in [-0.05, 0) is 42.8 Å². The van der Waals surface area contributed by atoms with E-state index in [0.29, 0.717) is 22.1 Å². The molecule has 0 atom stereocenters. The molecular formula is C16H18ClNO4S. The molecule has 5 nitrogen and oxygen atoms in total. The van der Waals surface area contributed by atoms with Crippen molar-refractivity contribution in [3.63, 3.8) is 0 Å². The average Bonchev–Trinajstić information content (AvgIpc) is 2.52. The predicted octanol–water partition coefficient (Wildman–Crippen LogP) is 3.01. The molecule has 0 fully saturated rings. The molecule has 0 heterocycles. The SMILES string of the molecule is COc1ccc(S(=O)(=O)NCCOc2ccccc2Cl)c(C)c1. The van der Waals surface area contributed by atoms with Gasteiger partial charge in [-0.3, -0.25) is 0 Å². The van der Waals surface area contributed by atoms with Crippen LogP contribution in [0.4, 0.5) is 0 Å². The Bertz CT molecular complexity index is 777. The van der Waals surface area contributed by atoms with Gasteiger partial charge in [0.1, 0.15) is 18.1 Å². The molecule has 7 heteroatoms. The quantitative estimate of drug-likeness (QED) is 0.775. The molecule has 1 N–H and O–H groups in total. The first kappa shape index (κ1) is 17.6. The number of para-hydroxylation sites is 1. The van der Waals surface area contributed by atoms with Gasteiger partial charge in [-0.25, -0.2) is 13.1 Å². The van der Waals surface area contributed by atoms with Gasteiger partial charge in [-0.2, -0.15) is 0 Å². The lowest BCUT2D eigenvalue weighted by atomic mass is 10.2. The maximum absolute atomic E-state index is 12.3. The first-order valence-corrected chi connectivity index (χ1v) is 8.82. The van der Waals surface area contributed by atoms with Crippen LogP contribution in [0.2, 0.25) is 5.02 Å². The normalized spacial score (nSPS) is 11.3. The van der Waals surface area contributed by atoms with Crippen LogP contribution in [0.5, 0.6) is 11.5 Å². The van der Waals surface area contributed by atoms with E-state index in [1.54, 1.807) is 43.3 Å². The standard InChI is InChI=1S/C16H18ClNO4S/c1-12-11-13(21-2)7-8-16(12)23(19,20)18-9-10-22-15-6-4-3-5-14(15)17/h3-8,11,18H,9-10H2,1-2H3. The largest absolute Gasteiger partial charge is 0.497 e.